The number of aliphatic hydroxyl groups excluding tert-OH is 1. The van der Waals surface area contributed by atoms with Gasteiger partial charge in [-0.05, 0) is 13.3 Å². The highest BCUT2D eigenvalue weighted by molar-refractivity contribution is 4.89. The zero-order chi connectivity index (χ0) is 7.98. The Morgan fingerprint density at radius 2 is 2.40 bits per heavy atom. The summed E-state index contributed by atoms with van der Waals surface area (Å²) in [6, 6.07) is 0. The smallest absolute Gasteiger partial charge is 0.0709 e. The van der Waals surface area contributed by atoms with Crippen molar-refractivity contribution in [3.63, 3.8) is 0 Å². The Bertz CT molecular complexity index is 108. The highest BCUT2D eigenvalue weighted by Crippen LogP contribution is 1.86. The van der Waals surface area contributed by atoms with Crippen LogP contribution in [0, 0.1) is 0 Å². The molecule has 60 valence electrons. The minimum absolute atomic E-state index is 0.268. The zero-order valence-corrected chi connectivity index (χ0v) is 6.59. The van der Waals surface area contributed by atoms with Crippen LogP contribution in [-0.4, -0.2) is 17.8 Å². The lowest BCUT2D eigenvalue weighted by Crippen LogP contribution is -2.22. The molecule has 0 amide bonds. The SMILES string of the molecule is CCC(O)CNC=C(C)N. The molecule has 0 bridgehead atoms. The van der Waals surface area contributed by atoms with Crippen molar-refractivity contribution in [1.29, 1.82) is 0 Å². The standard InChI is InChI=1S/C7H16N2O/c1-3-7(10)5-9-4-6(2)8/h4,7,9-10H,3,5,8H2,1-2H3. The van der Waals surface area contributed by atoms with Gasteiger partial charge in [-0.2, -0.15) is 0 Å². The number of rotatable bonds is 4. The van der Waals surface area contributed by atoms with E-state index in [0.717, 1.165) is 12.1 Å². The zero-order valence-electron chi connectivity index (χ0n) is 6.59. The Labute approximate surface area is 61.9 Å². The topological polar surface area (TPSA) is 58.3 Å². The third kappa shape index (κ3) is 5.44. The molecule has 0 radical (unpaired) electrons. The van der Waals surface area contributed by atoms with Gasteiger partial charge in [0, 0.05) is 18.4 Å². The van der Waals surface area contributed by atoms with E-state index in [1.54, 1.807) is 13.1 Å². The predicted octanol–water partition coefficient (Wildman–Crippen LogP) is 0.167. The summed E-state index contributed by atoms with van der Waals surface area (Å²) in [5, 5.41) is 11.9. The summed E-state index contributed by atoms with van der Waals surface area (Å²) < 4.78 is 0. The molecule has 0 aromatic carbocycles. The van der Waals surface area contributed by atoms with E-state index in [9.17, 15) is 0 Å². The number of aliphatic hydroxyl groups is 1. The predicted molar refractivity (Wildman–Crippen MR) is 42.2 cm³/mol. The molecule has 0 heterocycles. The quantitative estimate of drug-likeness (QED) is 0.527. The van der Waals surface area contributed by atoms with Gasteiger partial charge in [0.05, 0.1) is 6.10 Å². The van der Waals surface area contributed by atoms with Gasteiger partial charge in [-0.1, -0.05) is 6.92 Å². The van der Waals surface area contributed by atoms with Gasteiger partial charge in [0.15, 0.2) is 0 Å². The van der Waals surface area contributed by atoms with Crippen molar-refractivity contribution in [3.8, 4) is 0 Å². The molecule has 0 spiro atoms. The number of allylic oxidation sites excluding steroid dienone is 1. The van der Waals surface area contributed by atoms with E-state index in [1.807, 2.05) is 6.92 Å². The molecule has 4 N–H and O–H groups in total. The number of nitrogens with one attached hydrogen (secondary N) is 1. The van der Waals surface area contributed by atoms with E-state index >= 15 is 0 Å². The molecule has 0 fully saturated rings. The molecule has 3 nitrogen and oxygen atoms in total. The summed E-state index contributed by atoms with van der Waals surface area (Å²) in [5.74, 6) is 0. The molecule has 0 aromatic rings. The maximum absolute atomic E-state index is 9.04. The van der Waals surface area contributed by atoms with Crippen molar-refractivity contribution in [2.45, 2.75) is 26.4 Å². The Kier molecular flexibility index (Phi) is 4.76. The van der Waals surface area contributed by atoms with Gasteiger partial charge < -0.3 is 16.2 Å². The van der Waals surface area contributed by atoms with Gasteiger partial charge in [0.1, 0.15) is 0 Å². The van der Waals surface area contributed by atoms with E-state index in [0.29, 0.717) is 6.54 Å². The monoisotopic (exact) mass is 144 g/mol. The van der Waals surface area contributed by atoms with Crippen molar-refractivity contribution >= 4 is 0 Å². The normalized spacial score (nSPS) is 14.9. The first-order valence-electron chi connectivity index (χ1n) is 3.50. The fraction of sp³-hybridized carbons (Fsp3) is 0.714. The molecule has 3 heteroatoms. The summed E-state index contributed by atoms with van der Waals surface area (Å²) >= 11 is 0. The van der Waals surface area contributed by atoms with Crippen LogP contribution in [0.5, 0.6) is 0 Å². The minimum atomic E-state index is -0.268. The molecule has 0 saturated carbocycles. The minimum Gasteiger partial charge on any atom is -0.401 e. The van der Waals surface area contributed by atoms with Crippen LogP contribution in [-0.2, 0) is 0 Å². The van der Waals surface area contributed by atoms with Crippen molar-refractivity contribution in [2.75, 3.05) is 6.54 Å². The van der Waals surface area contributed by atoms with E-state index in [2.05, 4.69) is 5.32 Å². The fourth-order valence-corrected chi connectivity index (χ4v) is 0.500. The van der Waals surface area contributed by atoms with Gasteiger partial charge in [-0.25, -0.2) is 0 Å². The van der Waals surface area contributed by atoms with E-state index < -0.39 is 0 Å². The summed E-state index contributed by atoms with van der Waals surface area (Å²) in [5.41, 5.74) is 6.06. The second-order valence-corrected chi connectivity index (χ2v) is 2.36. The molecule has 0 aromatic heterocycles. The molecule has 1 atom stereocenters. The van der Waals surface area contributed by atoms with E-state index in [4.69, 9.17) is 10.8 Å². The molecule has 0 aliphatic heterocycles. The first-order valence-corrected chi connectivity index (χ1v) is 3.50. The van der Waals surface area contributed by atoms with E-state index in [1.165, 1.54) is 0 Å². The Morgan fingerprint density at radius 1 is 1.80 bits per heavy atom. The molecule has 0 aliphatic carbocycles. The molecule has 0 aliphatic rings. The first-order chi connectivity index (χ1) is 4.66. The van der Waals surface area contributed by atoms with Gasteiger partial charge in [0.2, 0.25) is 0 Å². The van der Waals surface area contributed by atoms with Crippen LogP contribution in [0.2, 0.25) is 0 Å². The Balaban J connectivity index is 3.28. The highest BCUT2D eigenvalue weighted by Gasteiger charge is 1.95. The molecule has 0 saturated heterocycles. The van der Waals surface area contributed by atoms with Crippen LogP contribution in [0.1, 0.15) is 20.3 Å². The van der Waals surface area contributed by atoms with Gasteiger partial charge in [-0.3, -0.25) is 0 Å². The number of hydrogen-bond donors (Lipinski definition) is 3. The molecule has 10 heavy (non-hydrogen) atoms. The number of hydrogen-bond acceptors (Lipinski definition) is 3. The average molecular weight is 144 g/mol. The van der Waals surface area contributed by atoms with Crippen molar-refractivity contribution < 1.29 is 5.11 Å². The first kappa shape index (κ1) is 9.30. The van der Waals surface area contributed by atoms with Crippen molar-refractivity contribution in [1.82, 2.24) is 5.32 Å². The Hall–Kier alpha value is -0.700. The van der Waals surface area contributed by atoms with Crippen LogP contribution < -0.4 is 11.1 Å². The van der Waals surface area contributed by atoms with E-state index in [-0.39, 0.29) is 6.10 Å². The second kappa shape index (κ2) is 5.11. The summed E-state index contributed by atoms with van der Waals surface area (Å²) in [7, 11) is 0. The summed E-state index contributed by atoms with van der Waals surface area (Å²) in [6.07, 6.45) is 2.19. The summed E-state index contributed by atoms with van der Waals surface area (Å²) in [6.45, 7) is 4.31. The van der Waals surface area contributed by atoms with Gasteiger partial charge >= 0.3 is 0 Å². The largest absolute Gasteiger partial charge is 0.401 e. The third-order valence-corrected chi connectivity index (χ3v) is 1.15. The summed E-state index contributed by atoms with van der Waals surface area (Å²) in [4.78, 5) is 0. The van der Waals surface area contributed by atoms with Gasteiger partial charge in [0.25, 0.3) is 0 Å². The fourth-order valence-electron chi connectivity index (χ4n) is 0.500. The van der Waals surface area contributed by atoms with Crippen LogP contribution >= 0.6 is 0 Å². The van der Waals surface area contributed by atoms with Gasteiger partial charge in [-0.15, -0.1) is 0 Å². The van der Waals surface area contributed by atoms with Crippen LogP contribution in [0.15, 0.2) is 11.9 Å². The maximum Gasteiger partial charge on any atom is 0.0709 e. The maximum atomic E-state index is 9.04. The molecular formula is C7H16N2O. The van der Waals surface area contributed by atoms with Crippen molar-refractivity contribution in [3.05, 3.63) is 11.9 Å². The molecule has 0 rings (SSSR count). The van der Waals surface area contributed by atoms with Crippen LogP contribution in [0.3, 0.4) is 0 Å². The lowest BCUT2D eigenvalue weighted by atomic mass is 10.3. The van der Waals surface area contributed by atoms with Crippen LogP contribution in [0.25, 0.3) is 0 Å². The second-order valence-electron chi connectivity index (χ2n) is 2.36. The lowest BCUT2D eigenvalue weighted by Gasteiger charge is -2.06. The lowest BCUT2D eigenvalue weighted by molar-refractivity contribution is 0.172. The van der Waals surface area contributed by atoms with Crippen LogP contribution in [0.4, 0.5) is 0 Å². The third-order valence-electron chi connectivity index (χ3n) is 1.15. The molecular weight excluding hydrogens is 128 g/mol. The Morgan fingerprint density at radius 3 is 2.80 bits per heavy atom. The highest BCUT2D eigenvalue weighted by atomic mass is 16.3. The van der Waals surface area contributed by atoms with Crippen molar-refractivity contribution in [2.24, 2.45) is 5.73 Å². The average Bonchev–Trinajstić information content (AvgIpc) is 1.87. The number of nitrogens with two attached hydrogens (primary N) is 1. The molecule has 1 unspecified atom stereocenters.